The third-order valence-electron chi connectivity index (χ3n) is 7.11. The summed E-state index contributed by atoms with van der Waals surface area (Å²) in [5.74, 6) is -0.665. The van der Waals surface area contributed by atoms with Crippen LogP contribution in [0.2, 0.25) is 0 Å². The van der Waals surface area contributed by atoms with Gasteiger partial charge in [-0.15, -0.1) is 0 Å². The molecule has 2 heterocycles. The first-order chi connectivity index (χ1) is 17.7. The molecule has 38 heavy (non-hydrogen) atoms. The lowest BCUT2D eigenvalue weighted by Gasteiger charge is -2.48. The summed E-state index contributed by atoms with van der Waals surface area (Å²) in [6.45, 7) is 16.9. The SMILES string of the molecule is CC1(C)OC[C@H]2O[C@H](OCc3ccccc3)[C@H](N=Cc3cc(C(C)(C)C)cc(C(C)(C)C)c3O)[C@@H](O)[C@@H]2O1. The van der Waals surface area contributed by atoms with E-state index in [2.05, 4.69) is 47.6 Å². The Morgan fingerprint density at radius 3 is 2.37 bits per heavy atom. The van der Waals surface area contributed by atoms with Gasteiger partial charge in [-0.1, -0.05) is 77.9 Å². The Kier molecular flexibility index (Phi) is 8.09. The highest BCUT2D eigenvalue weighted by Crippen LogP contribution is 2.38. The van der Waals surface area contributed by atoms with Gasteiger partial charge in [0.25, 0.3) is 0 Å². The number of ether oxygens (including phenoxy) is 4. The van der Waals surface area contributed by atoms with E-state index in [4.69, 9.17) is 23.9 Å². The Morgan fingerprint density at radius 1 is 1.05 bits per heavy atom. The van der Waals surface area contributed by atoms with Crippen molar-refractivity contribution in [1.82, 2.24) is 0 Å². The van der Waals surface area contributed by atoms with Gasteiger partial charge in [0, 0.05) is 17.3 Å². The van der Waals surface area contributed by atoms with Gasteiger partial charge in [0.15, 0.2) is 12.1 Å². The quantitative estimate of drug-likeness (QED) is 0.520. The average molecular weight is 526 g/mol. The van der Waals surface area contributed by atoms with E-state index in [1.807, 2.05) is 50.2 Å². The monoisotopic (exact) mass is 525 g/mol. The minimum absolute atomic E-state index is 0.125. The van der Waals surface area contributed by atoms with E-state index in [0.29, 0.717) is 12.2 Å². The number of aliphatic hydroxyl groups is 1. The molecular weight excluding hydrogens is 482 g/mol. The van der Waals surface area contributed by atoms with Crippen LogP contribution >= 0.6 is 0 Å². The number of nitrogens with zero attached hydrogens (tertiary/aromatic N) is 1. The normalized spacial score (nSPS) is 27.9. The zero-order valence-electron chi connectivity index (χ0n) is 23.9. The van der Waals surface area contributed by atoms with Crippen molar-refractivity contribution in [2.45, 2.75) is 109 Å². The van der Waals surface area contributed by atoms with Crippen LogP contribution in [-0.2, 0) is 36.4 Å². The average Bonchev–Trinajstić information content (AvgIpc) is 2.82. The largest absolute Gasteiger partial charge is 0.507 e. The molecule has 2 fully saturated rings. The second kappa shape index (κ2) is 10.7. The number of phenolic OH excluding ortho intramolecular Hbond substituents is 1. The summed E-state index contributed by atoms with van der Waals surface area (Å²) < 4.78 is 24.3. The summed E-state index contributed by atoms with van der Waals surface area (Å²) in [6, 6.07) is 13.0. The molecule has 7 nitrogen and oxygen atoms in total. The molecule has 0 spiro atoms. The molecule has 0 aliphatic carbocycles. The number of hydrogen-bond acceptors (Lipinski definition) is 7. The summed E-state index contributed by atoms with van der Waals surface area (Å²) >= 11 is 0. The summed E-state index contributed by atoms with van der Waals surface area (Å²) in [6.07, 6.45) is -1.32. The van der Waals surface area contributed by atoms with Crippen LogP contribution in [0.4, 0.5) is 0 Å². The van der Waals surface area contributed by atoms with E-state index < -0.39 is 36.4 Å². The van der Waals surface area contributed by atoms with Gasteiger partial charge in [-0.3, -0.25) is 4.99 Å². The van der Waals surface area contributed by atoms with Crippen molar-refractivity contribution in [2.75, 3.05) is 6.61 Å². The Labute approximate surface area is 226 Å². The van der Waals surface area contributed by atoms with E-state index in [1.54, 1.807) is 6.21 Å². The zero-order valence-corrected chi connectivity index (χ0v) is 23.9. The Hall–Kier alpha value is -2.29. The smallest absolute Gasteiger partial charge is 0.183 e. The number of aliphatic imine (C=N–C) groups is 1. The van der Waals surface area contributed by atoms with Crippen molar-refractivity contribution in [2.24, 2.45) is 4.99 Å². The van der Waals surface area contributed by atoms with Crippen LogP contribution < -0.4 is 0 Å². The predicted molar refractivity (Wildman–Crippen MR) is 148 cm³/mol. The molecule has 0 amide bonds. The van der Waals surface area contributed by atoms with Gasteiger partial charge >= 0.3 is 0 Å². The lowest BCUT2D eigenvalue weighted by atomic mass is 9.79. The van der Waals surface area contributed by atoms with E-state index >= 15 is 0 Å². The maximum absolute atomic E-state index is 11.5. The van der Waals surface area contributed by atoms with Crippen molar-refractivity contribution in [1.29, 1.82) is 0 Å². The van der Waals surface area contributed by atoms with Crippen LogP contribution in [0.25, 0.3) is 0 Å². The van der Waals surface area contributed by atoms with Crippen molar-refractivity contribution in [3.63, 3.8) is 0 Å². The molecule has 2 aliphatic heterocycles. The van der Waals surface area contributed by atoms with Gasteiger partial charge in [-0.25, -0.2) is 0 Å². The third-order valence-corrected chi connectivity index (χ3v) is 7.11. The van der Waals surface area contributed by atoms with Crippen LogP contribution in [0.1, 0.15) is 77.6 Å². The van der Waals surface area contributed by atoms with Crippen molar-refractivity contribution >= 4 is 6.21 Å². The summed E-state index contributed by atoms with van der Waals surface area (Å²) in [5.41, 5.74) is 3.12. The van der Waals surface area contributed by atoms with Crippen LogP contribution in [0.3, 0.4) is 0 Å². The molecule has 2 N–H and O–H groups in total. The standard InChI is InChI=1S/C31H43NO6/c1-29(2,3)21-14-20(25(33)22(15-21)30(4,5)6)16-32-24-26(34)27-23(18-36-31(7,8)38-27)37-28(24)35-17-19-12-10-9-11-13-19/h9-16,23-24,26-28,33-34H,17-18H2,1-8H3/t23-,24-,26-,27-,28+/m1/s1. The molecule has 4 rings (SSSR count). The van der Waals surface area contributed by atoms with Gasteiger partial charge in [-0.2, -0.15) is 0 Å². The zero-order chi connectivity index (χ0) is 27.9. The Morgan fingerprint density at radius 2 is 1.74 bits per heavy atom. The number of rotatable bonds is 5. The first kappa shape index (κ1) is 28.7. The molecule has 0 saturated carbocycles. The molecular formula is C31H43NO6. The highest BCUT2D eigenvalue weighted by molar-refractivity contribution is 5.85. The summed E-state index contributed by atoms with van der Waals surface area (Å²) in [7, 11) is 0. The summed E-state index contributed by atoms with van der Waals surface area (Å²) in [4.78, 5) is 4.77. The van der Waals surface area contributed by atoms with E-state index in [-0.39, 0.29) is 23.2 Å². The molecule has 0 radical (unpaired) electrons. The predicted octanol–water partition coefficient (Wildman–Crippen LogP) is 5.23. The first-order valence-corrected chi connectivity index (χ1v) is 13.4. The first-order valence-electron chi connectivity index (χ1n) is 13.4. The van der Waals surface area contributed by atoms with Gasteiger partial charge in [0.05, 0.1) is 13.2 Å². The van der Waals surface area contributed by atoms with Crippen molar-refractivity contribution in [3.05, 3.63) is 64.7 Å². The fraction of sp³-hybridized carbons (Fsp3) is 0.581. The number of fused-ring (bicyclic) bond motifs is 1. The Bertz CT molecular complexity index is 1130. The van der Waals surface area contributed by atoms with Gasteiger partial charge < -0.3 is 29.2 Å². The number of benzene rings is 2. The second-order valence-electron chi connectivity index (χ2n) is 12.9. The van der Waals surface area contributed by atoms with Crippen molar-refractivity contribution < 1.29 is 29.2 Å². The fourth-order valence-corrected chi connectivity index (χ4v) is 4.81. The second-order valence-corrected chi connectivity index (χ2v) is 12.9. The van der Waals surface area contributed by atoms with Crippen LogP contribution in [-0.4, -0.2) is 59.5 Å². The molecule has 7 heteroatoms. The van der Waals surface area contributed by atoms with Crippen LogP contribution in [0.5, 0.6) is 5.75 Å². The minimum atomic E-state index is -0.996. The molecule has 2 saturated heterocycles. The number of aliphatic hydroxyl groups excluding tert-OH is 1. The van der Waals surface area contributed by atoms with Crippen molar-refractivity contribution in [3.8, 4) is 5.75 Å². The molecule has 0 aromatic heterocycles. The molecule has 2 aliphatic rings. The summed E-state index contributed by atoms with van der Waals surface area (Å²) in [5, 5.41) is 22.7. The number of hydrogen-bond donors (Lipinski definition) is 2. The van der Waals surface area contributed by atoms with E-state index in [1.165, 1.54) is 0 Å². The van der Waals surface area contributed by atoms with Gasteiger partial charge in [-0.05, 0) is 41.9 Å². The molecule has 5 atom stereocenters. The minimum Gasteiger partial charge on any atom is -0.507 e. The number of aromatic hydroxyl groups is 1. The maximum atomic E-state index is 11.5. The molecule has 0 unspecified atom stereocenters. The maximum Gasteiger partial charge on any atom is 0.183 e. The van der Waals surface area contributed by atoms with Gasteiger partial charge in [0.2, 0.25) is 0 Å². The molecule has 0 bridgehead atoms. The van der Waals surface area contributed by atoms with E-state index in [9.17, 15) is 10.2 Å². The Balaban J connectivity index is 1.68. The van der Waals surface area contributed by atoms with Crippen LogP contribution in [0, 0.1) is 0 Å². The lowest BCUT2D eigenvalue weighted by molar-refractivity contribution is -0.368. The van der Waals surface area contributed by atoms with Crippen LogP contribution in [0.15, 0.2) is 47.5 Å². The third kappa shape index (κ3) is 6.46. The van der Waals surface area contributed by atoms with E-state index in [0.717, 1.165) is 16.7 Å². The molecule has 208 valence electrons. The highest BCUT2D eigenvalue weighted by Gasteiger charge is 2.51. The number of phenols is 1. The highest BCUT2D eigenvalue weighted by atomic mass is 16.8. The molecule has 2 aromatic carbocycles. The fourth-order valence-electron chi connectivity index (χ4n) is 4.81. The molecule has 2 aromatic rings. The van der Waals surface area contributed by atoms with Gasteiger partial charge in [0.1, 0.15) is 30.1 Å². The lowest BCUT2D eigenvalue weighted by Crippen LogP contribution is -2.64. The topological polar surface area (TPSA) is 89.7 Å².